The predicted molar refractivity (Wildman–Crippen MR) is 116 cm³/mol. The van der Waals surface area contributed by atoms with Crippen LogP contribution in [0.1, 0.15) is 5.56 Å². The average molecular weight is 486 g/mol. The average Bonchev–Trinajstić information content (AvgIpc) is 2.69. The quantitative estimate of drug-likeness (QED) is 0.385. The van der Waals surface area contributed by atoms with Gasteiger partial charge in [-0.2, -0.15) is 0 Å². The Morgan fingerprint density at radius 3 is 2.68 bits per heavy atom. The lowest BCUT2D eigenvalue weighted by molar-refractivity contribution is 0.249. The van der Waals surface area contributed by atoms with Gasteiger partial charge in [0.15, 0.2) is 5.11 Å². The summed E-state index contributed by atoms with van der Waals surface area (Å²) in [4.78, 5) is 12.3. The van der Waals surface area contributed by atoms with Gasteiger partial charge in [-0.25, -0.2) is 9.18 Å². The molecule has 3 rings (SSSR count). The normalized spacial score (nSPS) is 10.7. The molecule has 28 heavy (non-hydrogen) atoms. The Balaban J connectivity index is 1.73. The summed E-state index contributed by atoms with van der Waals surface area (Å²) in [5, 5.41) is 8.02. The van der Waals surface area contributed by atoms with Crippen LogP contribution < -0.4 is 21.0 Å². The van der Waals surface area contributed by atoms with Gasteiger partial charge in [0.05, 0.1) is 5.39 Å². The third-order valence-electron chi connectivity index (χ3n) is 3.78. The molecule has 0 radical (unpaired) electrons. The summed E-state index contributed by atoms with van der Waals surface area (Å²) in [5.41, 5.74) is 0.923. The maximum atomic E-state index is 12.9. The molecular weight excluding hydrogens is 471 g/mol. The number of fused-ring (bicyclic) bond motifs is 1. The van der Waals surface area contributed by atoms with Gasteiger partial charge in [0.2, 0.25) is 0 Å². The highest BCUT2D eigenvalue weighted by Gasteiger charge is 2.14. The number of nitrogens with one attached hydrogen (secondary N) is 2. The summed E-state index contributed by atoms with van der Waals surface area (Å²) < 4.78 is 23.4. The molecule has 0 amide bonds. The smallest absolute Gasteiger partial charge is 0.346 e. The van der Waals surface area contributed by atoms with Crippen molar-refractivity contribution in [3.63, 3.8) is 0 Å². The molecule has 1 aromatic heterocycles. The van der Waals surface area contributed by atoms with Gasteiger partial charge >= 0.3 is 11.6 Å². The van der Waals surface area contributed by atoms with Crippen molar-refractivity contribution in [3.05, 3.63) is 69.3 Å². The number of benzene rings is 2. The molecule has 0 fully saturated rings. The van der Waals surface area contributed by atoms with Gasteiger partial charge in [-0.05, 0) is 42.0 Å². The molecule has 0 aliphatic carbocycles. The van der Waals surface area contributed by atoms with E-state index in [4.69, 9.17) is 33.0 Å². The monoisotopic (exact) mass is 484 g/mol. The minimum absolute atomic E-state index is 0.00388. The number of alkyl halides is 1. The van der Waals surface area contributed by atoms with E-state index < -0.39 is 5.63 Å². The van der Waals surface area contributed by atoms with E-state index >= 15 is 0 Å². The Bertz CT molecular complexity index is 1060. The molecule has 0 unspecified atom stereocenters. The zero-order chi connectivity index (χ0) is 20.1. The van der Waals surface area contributed by atoms with E-state index in [1.165, 1.54) is 12.1 Å². The second-order valence-electron chi connectivity index (χ2n) is 5.72. The van der Waals surface area contributed by atoms with Crippen LogP contribution in [-0.4, -0.2) is 17.0 Å². The summed E-state index contributed by atoms with van der Waals surface area (Å²) in [6.45, 7) is 0.754. The number of hydrogen-bond donors (Lipinski definition) is 2. The second kappa shape index (κ2) is 9.36. The molecule has 0 saturated carbocycles. The van der Waals surface area contributed by atoms with Crippen LogP contribution in [0.15, 0.2) is 51.7 Å². The second-order valence-corrected chi connectivity index (χ2v) is 7.30. The molecule has 0 atom stereocenters. The van der Waals surface area contributed by atoms with Crippen LogP contribution in [0.5, 0.6) is 5.95 Å². The minimum atomic E-state index is -0.558. The number of anilines is 1. The van der Waals surface area contributed by atoms with Gasteiger partial charge in [-0.1, -0.05) is 45.7 Å². The first-order valence-electron chi connectivity index (χ1n) is 8.22. The van der Waals surface area contributed by atoms with Gasteiger partial charge < -0.3 is 19.8 Å². The van der Waals surface area contributed by atoms with Gasteiger partial charge in [0, 0.05) is 22.9 Å². The Hall–Kier alpha value is -2.16. The number of hydrogen-bond acceptors (Lipinski definition) is 4. The third kappa shape index (κ3) is 5.01. The molecule has 5 nitrogen and oxygen atoms in total. The Kier molecular flexibility index (Phi) is 6.88. The maximum Gasteiger partial charge on any atom is 0.346 e. The van der Waals surface area contributed by atoms with Crippen molar-refractivity contribution in [2.75, 3.05) is 17.3 Å². The first-order valence-corrected chi connectivity index (χ1v) is 10.1. The number of halogens is 3. The van der Waals surface area contributed by atoms with Crippen molar-refractivity contribution in [2.24, 2.45) is 0 Å². The largest absolute Gasteiger partial charge is 0.463 e. The van der Waals surface area contributed by atoms with Crippen molar-refractivity contribution in [1.82, 2.24) is 5.32 Å². The Morgan fingerprint density at radius 1 is 1.21 bits per heavy atom. The van der Waals surface area contributed by atoms with Gasteiger partial charge in [0.25, 0.3) is 0 Å². The molecule has 2 aromatic carbocycles. The fraction of sp³-hybridized carbons (Fsp3) is 0.158. The summed E-state index contributed by atoms with van der Waals surface area (Å²) in [5.74, 6) is -0.297. The summed E-state index contributed by atoms with van der Waals surface area (Å²) in [6, 6.07) is 11.2. The number of ether oxygens (including phenoxy) is 1. The highest BCUT2D eigenvalue weighted by molar-refractivity contribution is 9.09. The SMILES string of the molecule is O=c1oc(OCCBr)c(Cl)c2ccc(NC(=S)NCc3ccc(F)cc3)cc12. The minimum Gasteiger partial charge on any atom is -0.463 e. The van der Waals surface area contributed by atoms with Crippen molar-refractivity contribution in [2.45, 2.75) is 6.54 Å². The van der Waals surface area contributed by atoms with E-state index in [0.717, 1.165) is 5.56 Å². The van der Waals surface area contributed by atoms with Crippen molar-refractivity contribution in [1.29, 1.82) is 0 Å². The van der Waals surface area contributed by atoms with E-state index in [1.54, 1.807) is 30.3 Å². The van der Waals surface area contributed by atoms with Crippen LogP contribution in [0.25, 0.3) is 10.8 Å². The zero-order valence-electron chi connectivity index (χ0n) is 14.4. The van der Waals surface area contributed by atoms with Crippen LogP contribution in [0, 0.1) is 5.82 Å². The molecule has 2 N–H and O–H groups in total. The van der Waals surface area contributed by atoms with Crippen LogP contribution in [0.2, 0.25) is 5.02 Å². The van der Waals surface area contributed by atoms with E-state index in [2.05, 4.69) is 26.6 Å². The van der Waals surface area contributed by atoms with Crippen LogP contribution >= 0.6 is 39.7 Å². The van der Waals surface area contributed by atoms with E-state index in [0.29, 0.717) is 40.1 Å². The van der Waals surface area contributed by atoms with Crippen molar-refractivity contribution >= 4 is 61.3 Å². The lowest BCUT2D eigenvalue weighted by atomic mass is 10.1. The molecule has 0 aliphatic rings. The van der Waals surface area contributed by atoms with Crippen LogP contribution in [-0.2, 0) is 6.54 Å². The van der Waals surface area contributed by atoms with Gasteiger partial charge in [-0.15, -0.1) is 0 Å². The fourth-order valence-electron chi connectivity index (χ4n) is 2.46. The molecule has 3 aromatic rings. The summed E-state index contributed by atoms with van der Waals surface area (Å²) in [7, 11) is 0. The van der Waals surface area contributed by atoms with Gasteiger partial charge in [0.1, 0.15) is 17.4 Å². The van der Waals surface area contributed by atoms with Crippen molar-refractivity contribution < 1.29 is 13.5 Å². The van der Waals surface area contributed by atoms with Crippen LogP contribution in [0.4, 0.5) is 10.1 Å². The Morgan fingerprint density at radius 2 is 1.96 bits per heavy atom. The Labute approximate surface area is 179 Å². The number of thiocarbonyl (C=S) groups is 1. The molecule has 1 heterocycles. The molecule has 146 valence electrons. The fourth-order valence-corrected chi connectivity index (χ4v) is 3.07. The van der Waals surface area contributed by atoms with Crippen LogP contribution in [0.3, 0.4) is 0 Å². The summed E-state index contributed by atoms with van der Waals surface area (Å²) >= 11 is 14.8. The summed E-state index contributed by atoms with van der Waals surface area (Å²) in [6.07, 6.45) is 0. The predicted octanol–water partition coefficient (Wildman–Crippen LogP) is 4.85. The molecule has 0 saturated heterocycles. The standard InChI is InChI=1S/C19H15BrClFN2O3S/c20-7-8-26-18-16(21)14-6-5-13(9-15(14)17(25)27-18)24-19(28)23-10-11-1-3-12(22)4-2-11/h1-6,9H,7-8,10H2,(H2,23,24,28). The molecule has 0 aliphatic heterocycles. The highest BCUT2D eigenvalue weighted by atomic mass is 79.9. The topological polar surface area (TPSA) is 63.5 Å². The third-order valence-corrected chi connectivity index (χ3v) is 4.70. The van der Waals surface area contributed by atoms with E-state index in [1.807, 2.05) is 0 Å². The lowest BCUT2D eigenvalue weighted by Gasteiger charge is -2.12. The number of rotatable bonds is 6. The molecule has 0 bridgehead atoms. The molecular formula is C19H15BrClFN2O3S. The molecule has 9 heteroatoms. The molecule has 0 spiro atoms. The maximum absolute atomic E-state index is 12.9. The van der Waals surface area contributed by atoms with Crippen molar-refractivity contribution in [3.8, 4) is 5.95 Å². The lowest BCUT2D eigenvalue weighted by Crippen LogP contribution is -2.27. The van der Waals surface area contributed by atoms with E-state index in [-0.39, 0.29) is 16.8 Å². The zero-order valence-corrected chi connectivity index (χ0v) is 17.6. The van der Waals surface area contributed by atoms with E-state index in [9.17, 15) is 9.18 Å². The first kappa shape index (κ1) is 20.6. The highest BCUT2D eigenvalue weighted by Crippen LogP contribution is 2.31. The van der Waals surface area contributed by atoms with Gasteiger partial charge in [-0.3, -0.25) is 0 Å². The first-order chi connectivity index (χ1) is 13.5.